The van der Waals surface area contributed by atoms with Crippen molar-refractivity contribution in [1.82, 2.24) is 4.98 Å². The molecule has 2 aromatic rings. The van der Waals surface area contributed by atoms with E-state index in [0.717, 1.165) is 15.7 Å². The van der Waals surface area contributed by atoms with E-state index in [1.807, 2.05) is 36.4 Å². The number of hydrogen-bond acceptors (Lipinski definition) is 1. The Kier molecular flexibility index (Phi) is 2.50. The van der Waals surface area contributed by atoms with E-state index in [0.29, 0.717) is 0 Å². The van der Waals surface area contributed by atoms with Crippen molar-refractivity contribution in [1.29, 1.82) is 0 Å². The van der Waals surface area contributed by atoms with Gasteiger partial charge in [-0.3, -0.25) is 4.79 Å². The lowest BCUT2D eigenvalue weighted by Gasteiger charge is -2.00. The van der Waals surface area contributed by atoms with Crippen LogP contribution in [0, 0.1) is 0 Å². The molecule has 0 aliphatic heterocycles. The van der Waals surface area contributed by atoms with E-state index in [2.05, 4.69) is 20.9 Å². The summed E-state index contributed by atoms with van der Waals surface area (Å²) in [6, 6.07) is 13.1. The molecule has 2 rings (SSSR count). The van der Waals surface area contributed by atoms with E-state index in [1.54, 1.807) is 0 Å². The molecule has 2 nitrogen and oxygen atoms in total. The highest BCUT2D eigenvalue weighted by Gasteiger charge is 1.98. The van der Waals surface area contributed by atoms with Crippen LogP contribution in [0.5, 0.6) is 0 Å². The largest absolute Gasteiger partial charge is 0.322 e. The summed E-state index contributed by atoms with van der Waals surface area (Å²) in [5, 5.41) is 0. The summed E-state index contributed by atoms with van der Waals surface area (Å²) in [5.41, 5.74) is 1.73. The zero-order valence-corrected chi connectivity index (χ0v) is 8.91. The number of halogens is 1. The second-order valence-electron chi connectivity index (χ2n) is 2.94. The van der Waals surface area contributed by atoms with Crippen LogP contribution in [-0.4, -0.2) is 4.98 Å². The molecule has 1 aromatic heterocycles. The molecular weight excluding hydrogens is 242 g/mol. The molecule has 70 valence electrons. The van der Waals surface area contributed by atoms with Gasteiger partial charge in [-0.05, 0) is 11.6 Å². The van der Waals surface area contributed by atoms with Crippen molar-refractivity contribution in [3.05, 3.63) is 57.3 Å². The molecule has 14 heavy (non-hydrogen) atoms. The Morgan fingerprint density at radius 3 is 2.43 bits per heavy atom. The van der Waals surface area contributed by atoms with Gasteiger partial charge in [0.15, 0.2) is 0 Å². The Morgan fingerprint density at radius 1 is 1.07 bits per heavy atom. The van der Waals surface area contributed by atoms with E-state index >= 15 is 0 Å². The van der Waals surface area contributed by atoms with Crippen molar-refractivity contribution >= 4 is 15.9 Å². The first-order valence-electron chi connectivity index (χ1n) is 4.21. The van der Waals surface area contributed by atoms with Gasteiger partial charge in [-0.2, -0.15) is 0 Å². The zero-order valence-electron chi connectivity index (χ0n) is 7.33. The van der Waals surface area contributed by atoms with Gasteiger partial charge in [-0.15, -0.1) is 0 Å². The molecule has 0 atom stereocenters. The molecule has 0 spiro atoms. The predicted molar refractivity (Wildman–Crippen MR) is 60.2 cm³/mol. The molecule has 1 heterocycles. The Morgan fingerprint density at radius 2 is 1.79 bits per heavy atom. The molecule has 0 amide bonds. The number of aromatic amines is 1. The van der Waals surface area contributed by atoms with Gasteiger partial charge in [-0.25, -0.2) is 0 Å². The fraction of sp³-hybridized carbons (Fsp3) is 0. The highest BCUT2D eigenvalue weighted by molar-refractivity contribution is 9.10. The molecule has 0 aliphatic carbocycles. The second-order valence-corrected chi connectivity index (χ2v) is 3.86. The summed E-state index contributed by atoms with van der Waals surface area (Å²) in [4.78, 5) is 14.0. The molecule has 3 heteroatoms. The highest BCUT2D eigenvalue weighted by Crippen LogP contribution is 2.18. The van der Waals surface area contributed by atoms with E-state index in [9.17, 15) is 4.79 Å². The first-order chi connectivity index (χ1) is 6.75. The number of aromatic nitrogens is 1. The summed E-state index contributed by atoms with van der Waals surface area (Å²) >= 11 is 3.29. The van der Waals surface area contributed by atoms with Gasteiger partial charge in [0.25, 0.3) is 0 Å². The lowest BCUT2D eigenvalue weighted by atomic mass is 10.1. The molecule has 0 saturated carbocycles. The van der Waals surface area contributed by atoms with Crippen molar-refractivity contribution < 1.29 is 0 Å². The maximum absolute atomic E-state index is 11.2. The van der Waals surface area contributed by atoms with Gasteiger partial charge >= 0.3 is 0 Å². The molecule has 0 bridgehead atoms. The molecule has 1 aromatic carbocycles. The van der Waals surface area contributed by atoms with Crippen LogP contribution in [0.25, 0.3) is 11.3 Å². The molecule has 0 unspecified atom stereocenters. The lowest BCUT2D eigenvalue weighted by Crippen LogP contribution is -2.04. The van der Waals surface area contributed by atoms with Crippen LogP contribution in [0.2, 0.25) is 0 Å². The second kappa shape index (κ2) is 3.80. The normalized spacial score (nSPS) is 10.1. The number of benzene rings is 1. The van der Waals surface area contributed by atoms with Crippen LogP contribution < -0.4 is 5.56 Å². The van der Waals surface area contributed by atoms with Crippen LogP contribution in [0.1, 0.15) is 0 Å². The SMILES string of the molecule is O=c1cc(Br)cc(-c2ccccc2)[nH]1. The van der Waals surface area contributed by atoms with Crippen molar-refractivity contribution in [2.45, 2.75) is 0 Å². The van der Waals surface area contributed by atoms with Crippen LogP contribution >= 0.6 is 15.9 Å². The Balaban J connectivity index is 2.58. The minimum absolute atomic E-state index is 0.0989. The van der Waals surface area contributed by atoms with Gasteiger partial charge in [0.1, 0.15) is 0 Å². The molecule has 0 saturated heterocycles. The summed E-state index contributed by atoms with van der Waals surface area (Å²) in [6.07, 6.45) is 0. The number of nitrogens with one attached hydrogen (secondary N) is 1. The maximum atomic E-state index is 11.2. The smallest absolute Gasteiger partial charge is 0.249 e. The number of H-pyrrole nitrogens is 1. The first kappa shape index (κ1) is 9.21. The average Bonchev–Trinajstić information content (AvgIpc) is 2.18. The zero-order chi connectivity index (χ0) is 9.97. The lowest BCUT2D eigenvalue weighted by molar-refractivity contribution is 1.23. The first-order valence-corrected chi connectivity index (χ1v) is 5.00. The summed E-state index contributed by atoms with van der Waals surface area (Å²) in [5.74, 6) is 0. The number of rotatable bonds is 1. The van der Waals surface area contributed by atoms with Gasteiger partial charge in [0, 0.05) is 16.2 Å². The molecule has 0 radical (unpaired) electrons. The van der Waals surface area contributed by atoms with Gasteiger partial charge in [0.2, 0.25) is 5.56 Å². The summed E-state index contributed by atoms with van der Waals surface area (Å²) in [7, 11) is 0. The van der Waals surface area contributed by atoms with Crippen LogP contribution in [0.4, 0.5) is 0 Å². The van der Waals surface area contributed by atoms with Gasteiger partial charge in [-0.1, -0.05) is 46.3 Å². The fourth-order valence-electron chi connectivity index (χ4n) is 1.28. The van der Waals surface area contributed by atoms with E-state index in [-0.39, 0.29) is 5.56 Å². The van der Waals surface area contributed by atoms with Gasteiger partial charge < -0.3 is 4.98 Å². The van der Waals surface area contributed by atoms with Crippen LogP contribution in [-0.2, 0) is 0 Å². The number of hydrogen-bond donors (Lipinski definition) is 1. The Hall–Kier alpha value is -1.35. The van der Waals surface area contributed by atoms with Crippen molar-refractivity contribution in [3.8, 4) is 11.3 Å². The molecule has 0 aliphatic rings. The van der Waals surface area contributed by atoms with Gasteiger partial charge in [0.05, 0.1) is 0 Å². The Bertz CT molecular complexity index is 490. The van der Waals surface area contributed by atoms with Crippen molar-refractivity contribution in [2.24, 2.45) is 0 Å². The third-order valence-corrected chi connectivity index (χ3v) is 2.35. The minimum Gasteiger partial charge on any atom is -0.322 e. The summed E-state index contributed by atoms with van der Waals surface area (Å²) in [6.45, 7) is 0. The molecular formula is C11H8BrNO. The standard InChI is InChI=1S/C11H8BrNO/c12-9-6-10(13-11(14)7-9)8-4-2-1-3-5-8/h1-7H,(H,13,14). The van der Waals surface area contributed by atoms with E-state index < -0.39 is 0 Å². The average molecular weight is 250 g/mol. The third-order valence-electron chi connectivity index (χ3n) is 1.89. The summed E-state index contributed by atoms with van der Waals surface area (Å²) < 4.78 is 0.792. The van der Waals surface area contributed by atoms with Crippen LogP contribution in [0.15, 0.2) is 51.7 Å². The fourth-order valence-corrected chi connectivity index (χ4v) is 1.72. The number of pyridine rings is 1. The Labute approximate surface area is 89.7 Å². The highest BCUT2D eigenvalue weighted by atomic mass is 79.9. The van der Waals surface area contributed by atoms with Crippen molar-refractivity contribution in [2.75, 3.05) is 0 Å². The maximum Gasteiger partial charge on any atom is 0.249 e. The third kappa shape index (κ3) is 1.93. The van der Waals surface area contributed by atoms with Crippen molar-refractivity contribution in [3.63, 3.8) is 0 Å². The van der Waals surface area contributed by atoms with E-state index in [1.165, 1.54) is 6.07 Å². The topological polar surface area (TPSA) is 32.9 Å². The quantitative estimate of drug-likeness (QED) is 0.829. The van der Waals surface area contributed by atoms with E-state index in [4.69, 9.17) is 0 Å². The minimum atomic E-state index is -0.0989. The monoisotopic (exact) mass is 249 g/mol. The molecule has 1 N–H and O–H groups in total. The predicted octanol–water partition coefficient (Wildman–Crippen LogP) is 2.80. The molecule has 0 fully saturated rings. The van der Waals surface area contributed by atoms with Crippen LogP contribution in [0.3, 0.4) is 0 Å².